The molecule has 0 bridgehead atoms. The second kappa shape index (κ2) is 5.74. The summed E-state index contributed by atoms with van der Waals surface area (Å²) in [4.78, 5) is 2.07. The molecule has 20 heavy (non-hydrogen) atoms. The Bertz CT molecular complexity index is 457. The van der Waals surface area contributed by atoms with Crippen molar-refractivity contribution in [3.05, 3.63) is 35.4 Å². The van der Waals surface area contributed by atoms with E-state index >= 15 is 0 Å². The van der Waals surface area contributed by atoms with Gasteiger partial charge in [-0.3, -0.25) is 0 Å². The average Bonchev–Trinajstić information content (AvgIpc) is 2.38. The fourth-order valence-corrected chi connectivity index (χ4v) is 3.04. The molecule has 1 fully saturated rings. The van der Waals surface area contributed by atoms with Gasteiger partial charge in [0, 0.05) is 12.1 Å². The fraction of sp³-hybridized carbons (Fsp3) is 0.600. The minimum atomic E-state index is -4.28. The van der Waals surface area contributed by atoms with E-state index in [1.165, 1.54) is 12.1 Å². The molecule has 0 heterocycles. The van der Waals surface area contributed by atoms with Crippen LogP contribution in [0.1, 0.15) is 36.3 Å². The van der Waals surface area contributed by atoms with Crippen LogP contribution < -0.4 is 5.73 Å². The van der Waals surface area contributed by atoms with Gasteiger partial charge >= 0.3 is 6.18 Å². The first-order valence-electron chi connectivity index (χ1n) is 6.88. The molecule has 3 atom stereocenters. The van der Waals surface area contributed by atoms with Crippen molar-refractivity contribution in [1.29, 1.82) is 0 Å². The number of hydrogen-bond donors (Lipinski definition) is 1. The number of rotatable bonds is 2. The minimum absolute atomic E-state index is 0.104. The Balaban J connectivity index is 2.20. The summed E-state index contributed by atoms with van der Waals surface area (Å²) >= 11 is 0. The van der Waals surface area contributed by atoms with Gasteiger partial charge < -0.3 is 10.6 Å². The van der Waals surface area contributed by atoms with Crippen LogP contribution in [0.15, 0.2) is 24.3 Å². The lowest BCUT2D eigenvalue weighted by Crippen LogP contribution is -2.47. The first-order chi connectivity index (χ1) is 9.29. The molecule has 0 amide bonds. The third-order valence-corrected chi connectivity index (χ3v) is 4.22. The average molecular weight is 286 g/mol. The van der Waals surface area contributed by atoms with E-state index in [0.717, 1.165) is 30.9 Å². The Morgan fingerprint density at radius 3 is 2.50 bits per heavy atom. The molecule has 112 valence electrons. The largest absolute Gasteiger partial charge is 0.416 e. The molecule has 0 radical (unpaired) electrons. The van der Waals surface area contributed by atoms with Gasteiger partial charge in [0.05, 0.1) is 5.56 Å². The zero-order chi connectivity index (χ0) is 14.9. The quantitative estimate of drug-likeness (QED) is 0.904. The van der Waals surface area contributed by atoms with Crippen molar-refractivity contribution >= 4 is 0 Å². The van der Waals surface area contributed by atoms with E-state index in [-0.39, 0.29) is 18.0 Å². The highest BCUT2D eigenvalue weighted by molar-refractivity contribution is 5.29. The first kappa shape index (κ1) is 15.3. The Labute approximate surface area is 117 Å². The van der Waals surface area contributed by atoms with Crippen LogP contribution in [0.25, 0.3) is 0 Å². The summed E-state index contributed by atoms with van der Waals surface area (Å²) in [5, 5.41) is 0. The molecule has 1 aromatic carbocycles. The zero-order valence-electron chi connectivity index (χ0n) is 11.8. The van der Waals surface area contributed by atoms with Crippen molar-refractivity contribution in [2.45, 2.75) is 43.4 Å². The SMILES string of the molecule is CN(C)[C@H]1C[C@H](c2cccc(C(F)(F)F)c2)CC[C@@H]1N. The number of benzene rings is 1. The van der Waals surface area contributed by atoms with Crippen LogP contribution in [0.3, 0.4) is 0 Å². The summed E-state index contributed by atoms with van der Waals surface area (Å²) in [5.74, 6) is 0.157. The van der Waals surface area contributed by atoms with E-state index in [9.17, 15) is 13.2 Å². The Hall–Kier alpha value is -1.07. The molecule has 0 spiro atoms. The lowest BCUT2D eigenvalue weighted by atomic mass is 9.78. The van der Waals surface area contributed by atoms with Crippen molar-refractivity contribution in [3.63, 3.8) is 0 Å². The van der Waals surface area contributed by atoms with Gasteiger partial charge in [-0.25, -0.2) is 0 Å². The molecule has 1 saturated carbocycles. The van der Waals surface area contributed by atoms with Crippen LogP contribution in [0, 0.1) is 0 Å². The van der Waals surface area contributed by atoms with Gasteiger partial charge in [-0.05, 0) is 50.9 Å². The van der Waals surface area contributed by atoms with Gasteiger partial charge in [0.2, 0.25) is 0 Å². The molecule has 5 heteroatoms. The molecule has 0 aromatic heterocycles. The van der Waals surface area contributed by atoms with Gasteiger partial charge in [-0.2, -0.15) is 13.2 Å². The number of halogens is 3. The minimum Gasteiger partial charge on any atom is -0.326 e. The lowest BCUT2D eigenvalue weighted by molar-refractivity contribution is -0.137. The highest BCUT2D eigenvalue weighted by atomic mass is 19.4. The maximum Gasteiger partial charge on any atom is 0.416 e. The number of nitrogens with zero attached hydrogens (tertiary/aromatic N) is 1. The van der Waals surface area contributed by atoms with Gasteiger partial charge in [0.1, 0.15) is 0 Å². The molecule has 2 nitrogen and oxygen atoms in total. The summed E-state index contributed by atoms with van der Waals surface area (Å²) in [5.41, 5.74) is 6.31. The van der Waals surface area contributed by atoms with Gasteiger partial charge in [-0.15, -0.1) is 0 Å². The third-order valence-electron chi connectivity index (χ3n) is 4.22. The summed E-state index contributed by atoms with van der Waals surface area (Å²) in [6.07, 6.45) is -1.76. The molecule has 2 N–H and O–H groups in total. The Morgan fingerprint density at radius 2 is 1.90 bits per heavy atom. The van der Waals surface area contributed by atoms with Crippen molar-refractivity contribution in [3.8, 4) is 0 Å². The van der Waals surface area contributed by atoms with Crippen LogP contribution in [0.4, 0.5) is 13.2 Å². The van der Waals surface area contributed by atoms with Crippen LogP contribution in [0.2, 0.25) is 0 Å². The summed E-state index contributed by atoms with van der Waals surface area (Å²) in [6, 6.07) is 6.03. The lowest BCUT2D eigenvalue weighted by Gasteiger charge is -2.38. The predicted octanol–water partition coefficient (Wildman–Crippen LogP) is 3.23. The zero-order valence-corrected chi connectivity index (χ0v) is 11.8. The fourth-order valence-electron chi connectivity index (χ4n) is 3.04. The smallest absolute Gasteiger partial charge is 0.326 e. The number of hydrogen-bond acceptors (Lipinski definition) is 2. The molecular weight excluding hydrogens is 265 g/mol. The van der Waals surface area contributed by atoms with Crippen molar-refractivity contribution in [1.82, 2.24) is 4.90 Å². The van der Waals surface area contributed by atoms with E-state index in [4.69, 9.17) is 5.73 Å². The molecule has 0 saturated heterocycles. The highest BCUT2D eigenvalue weighted by Crippen LogP contribution is 2.37. The van der Waals surface area contributed by atoms with Crippen molar-refractivity contribution in [2.75, 3.05) is 14.1 Å². The maximum absolute atomic E-state index is 12.8. The summed E-state index contributed by atoms with van der Waals surface area (Å²) in [6.45, 7) is 0. The van der Waals surface area contributed by atoms with E-state index in [1.807, 2.05) is 14.1 Å². The molecule has 1 aliphatic carbocycles. The third kappa shape index (κ3) is 3.33. The standard InChI is InChI=1S/C15H21F3N2/c1-20(2)14-9-11(6-7-13(14)19)10-4-3-5-12(8-10)15(16,17)18/h3-5,8,11,13-14H,6-7,9,19H2,1-2H3/t11-,13+,14+/m1/s1. The number of nitrogens with two attached hydrogens (primary N) is 1. The Morgan fingerprint density at radius 1 is 1.20 bits per heavy atom. The second-order valence-corrected chi connectivity index (χ2v) is 5.83. The van der Waals surface area contributed by atoms with Gasteiger partial charge in [0.25, 0.3) is 0 Å². The monoisotopic (exact) mass is 286 g/mol. The van der Waals surface area contributed by atoms with Crippen LogP contribution >= 0.6 is 0 Å². The predicted molar refractivity (Wildman–Crippen MR) is 73.5 cm³/mol. The maximum atomic E-state index is 12.8. The molecule has 2 rings (SSSR count). The first-order valence-corrected chi connectivity index (χ1v) is 6.88. The molecular formula is C15H21F3N2. The summed E-state index contributed by atoms with van der Waals surface area (Å²) < 4.78 is 38.3. The second-order valence-electron chi connectivity index (χ2n) is 5.83. The highest BCUT2D eigenvalue weighted by Gasteiger charge is 2.33. The van der Waals surface area contributed by atoms with E-state index < -0.39 is 11.7 Å². The molecule has 0 unspecified atom stereocenters. The van der Waals surface area contributed by atoms with E-state index in [0.29, 0.717) is 0 Å². The van der Waals surface area contributed by atoms with Crippen LogP contribution in [-0.2, 0) is 6.18 Å². The normalized spacial score (nSPS) is 27.9. The molecule has 1 aliphatic rings. The van der Waals surface area contributed by atoms with Crippen molar-refractivity contribution < 1.29 is 13.2 Å². The van der Waals surface area contributed by atoms with Crippen molar-refractivity contribution in [2.24, 2.45) is 5.73 Å². The van der Waals surface area contributed by atoms with Gasteiger partial charge in [0.15, 0.2) is 0 Å². The molecule has 0 aliphatic heterocycles. The topological polar surface area (TPSA) is 29.3 Å². The molecule has 1 aromatic rings. The summed E-state index contributed by atoms with van der Waals surface area (Å²) in [7, 11) is 3.94. The number of alkyl halides is 3. The Kier molecular flexibility index (Phi) is 4.39. The van der Waals surface area contributed by atoms with Gasteiger partial charge in [-0.1, -0.05) is 18.2 Å². The van der Waals surface area contributed by atoms with E-state index in [2.05, 4.69) is 4.90 Å². The van der Waals surface area contributed by atoms with Crippen LogP contribution in [0.5, 0.6) is 0 Å². The van der Waals surface area contributed by atoms with E-state index in [1.54, 1.807) is 6.07 Å². The number of likely N-dealkylation sites (N-methyl/N-ethyl adjacent to an activating group) is 1. The van der Waals surface area contributed by atoms with Crippen LogP contribution in [-0.4, -0.2) is 31.1 Å².